The summed E-state index contributed by atoms with van der Waals surface area (Å²) in [5.41, 5.74) is 0. The number of nitrogens with one attached hydrogen (secondary N) is 1. The van der Waals surface area contributed by atoms with Crippen LogP contribution >= 0.6 is 15.9 Å². The maximum Gasteiger partial charge on any atom is 0.128 e. The third-order valence-corrected chi connectivity index (χ3v) is 3.55. The number of piperidine rings is 1. The van der Waals surface area contributed by atoms with Gasteiger partial charge in [-0.15, -0.1) is 0 Å². The lowest BCUT2D eigenvalue weighted by Gasteiger charge is -2.22. The Morgan fingerprint density at radius 2 is 2.06 bits per heavy atom. The van der Waals surface area contributed by atoms with Gasteiger partial charge < -0.3 is 10.1 Å². The van der Waals surface area contributed by atoms with Crippen LogP contribution in [0.5, 0.6) is 5.75 Å². The predicted octanol–water partition coefficient (Wildman–Crippen LogP) is 3.36. The van der Waals surface area contributed by atoms with Crippen LogP contribution in [0, 0.1) is 11.7 Å². The summed E-state index contributed by atoms with van der Waals surface area (Å²) in [6, 6.07) is 4.65. The first-order valence-corrected chi connectivity index (χ1v) is 6.83. The summed E-state index contributed by atoms with van der Waals surface area (Å²) in [5, 5.41) is 3.34. The highest BCUT2D eigenvalue weighted by atomic mass is 79.9. The highest BCUT2D eigenvalue weighted by Gasteiger charge is 2.12. The molecule has 1 fully saturated rings. The van der Waals surface area contributed by atoms with Gasteiger partial charge in [-0.2, -0.15) is 0 Å². The van der Waals surface area contributed by atoms with Crippen molar-refractivity contribution in [3.63, 3.8) is 0 Å². The Balaban J connectivity index is 1.77. The lowest BCUT2D eigenvalue weighted by molar-refractivity contribution is 0.251. The van der Waals surface area contributed by atoms with Crippen molar-refractivity contribution in [2.45, 2.75) is 19.3 Å². The van der Waals surface area contributed by atoms with E-state index < -0.39 is 0 Å². The second-order valence-corrected chi connectivity index (χ2v) is 5.35. The highest BCUT2D eigenvalue weighted by molar-refractivity contribution is 9.10. The maximum atomic E-state index is 13.1. The van der Waals surface area contributed by atoms with E-state index in [0.717, 1.165) is 29.9 Å². The molecule has 0 atom stereocenters. The average molecular weight is 302 g/mol. The summed E-state index contributed by atoms with van der Waals surface area (Å²) >= 11 is 3.25. The van der Waals surface area contributed by atoms with Crippen molar-refractivity contribution >= 4 is 15.9 Å². The fraction of sp³-hybridized carbons (Fsp3) is 0.538. The Bertz CT molecular complexity index is 346. The van der Waals surface area contributed by atoms with E-state index >= 15 is 0 Å². The van der Waals surface area contributed by atoms with Gasteiger partial charge in [0.2, 0.25) is 0 Å². The zero-order valence-electron chi connectivity index (χ0n) is 9.72. The molecule has 4 heteroatoms. The molecule has 1 N–H and O–H groups in total. The minimum Gasteiger partial charge on any atom is -0.493 e. The van der Waals surface area contributed by atoms with Crippen molar-refractivity contribution in [2.75, 3.05) is 19.7 Å². The first-order valence-electron chi connectivity index (χ1n) is 6.03. The Morgan fingerprint density at radius 3 is 2.76 bits per heavy atom. The Labute approximate surface area is 110 Å². The molecule has 1 aromatic carbocycles. The Hall–Kier alpha value is -0.610. The van der Waals surface area contributed by atoms with Crippen LogP contribution < -0.4 is 10.1 Å². The molecule has 0 spiro atoms. The van der Waals surface area contributed by atoms with Crippen molar-refractivity contribution < 1.29 is 9.13 Å². The first-order chi connectivity index (χ1) is 8.24. The largest absolute Gasteiger partial charge is 0.493 e. The van der Waals surface area contributed by atoms with Crippen LogP contribution in [0.2, 0.25) is 0 Å². The smallest absolute Gasteiger partial charge is 0.128 e. The highest BCUT2D eigenvalue weighted by Crippen LogP contribution is 2.22. The van der Waals surface area contributed by atoms with E-state index in [4.69, 9.17) is 4.74 Å². The number of benzene rings is 1. The van der Waals surface area contributed by atoms with Gasteiger partial charge in [-0.25, -0.2) is 4.39 Å². The summed E-state index contributed by atoms with van der Waals surface area (Å²) in [6.07, 6.45) is 3.49. The average Bonchev–Trinajstić information content (AvgIpc) is 2.29. The van der Waals surface area contributed by atoms with E-state index in [1.807, 2.05) is 0 Å². The van der Waals surface area contributed by atoms with Crippen molar-refractivity contribution in [1.29, 1.82) is 0 Å². The van der Waals surface area contributed by atoms with Gasteiger partial charge in [-0.3, -0.25) is 0 Å². The lowest BCUT2D eigenvalue weighted by Crippen LogP contribution is -2.28. The van der Waals surface area contributed by atoms with E-state index in [0.29, 0.717) is 12.4 Å². The van der Waals surface area contributed by atoms with Gasteiger partial charge >= 0.3 is 0 Å². The zero-order valence-corrected chi connectivity index (χ0v) is 11.3. The van der Waals surface area contributed by atoms with E-state index in [1.165, 1.54) is 25.0 Å². The maximum absolute atomic E-state index is 13.1. The molecular formula is C13H17BrFNO. The molecule has 0 radical (unpaired) electrons. The van der Waals surface area contributed by atoms with Gasteiger partial charge in [0.25, 0.3) is 0 Å². The number of hydrogen-bond donors (Lipinski definition) is 1. The van der Waals surface area contributed by atoms with E-state index in [2.05, 4.69) is 21.2 Å². The van der Waals surface area contributed by atoms with Crippen LogP contribution in [-0.4, -0.2) is 19.7 Å². The lowest BCUT2D eigenvalue weighted by atomic mass is 9.95. The molecule has 1 aliphatic heterocycles. The normalized spacial score (nSPS) is 17.1. The van der Waals surface area contributed by atoms with Crippen LogP contribution in [-0.2, 0) is 0 Å². The molecule has 0 unspecified atom stereocenters. The van der Waals surface area contributed by atoms with Crippen LogP contribution in [0.4, 0.5) is 4.39 Å². The second kappa shape index (κ2) is 6.36. The second-order valence-electron chi connectivity index (χ2n) is 4.44. The molecule has 17 heavy (non-hydrogen) atoms. The van der Waals surface area contributed by atoms with Crippen molar-refractivity contribution in [3.8, 4) is 5.75 Å². The van der Waals surface area contributed by atoms with E-state index in [1.54, 1.807) is 6.07 Å². The molecule has 1 aliphatic rings. The van der Waals surface area contributed by atoms with Crippen molar-refractivity contribution in [1.82, 2.24) is 5.32 Å². The molecule has 0 amide bonds. The van der Waals surface area contributed by atoms with Crippen molar-refractivity contribution in [2.24, 2.45) is 5.92 Å². The molecular weight excluding hydrogens is 285 g/mol. The molecule has 0 saturated carbocycles. The van der Waals surface area contributed by atoms with E-state index in [9.17, 15) is 4.39 Å². The van der Waals surface area contributed by atoms with Gasteiger partial charge in [0.15, 0.2) is 0 Å². The number of hydrogen-bond acceptors (Lipinski definition) is 2. The van der Waals surface area contributed by atoms with Gasteiger partial charge in [0.1, 0.15) is 11.6 Å². The SMILES string of the molecule is Fc1cc(Br)cc(OCCC2CCNCC2)c1. The summed E-state index contributed by atoms with van der Waals surface area (Å²) in [5.74, 6) is 1.08. The monoisotopic (exact) mass is 301 g/mol. The van der Waals surface area contributed by atoms with Crippen LogP contribution in [0.1, 0.15) is 19.3 Å². The summed E-state index contributed by atoms with van der Waals surface area (Å²) in [6.45, 7) is 2.88. The molecule has 2 rings (SSSR count). The Kier molecular flexibility index (Phi) is 4.80. The first kappa shape index (κ1) is 12.8. The number of ether oxygens (including phenoxy) is 1. The van der Waals surface area contributed by atoms with Crippen LogP contribution in [0.25, 0.3) is 0 Å². The van der Waals surface area contributed by atoms with E-state index in [-0.39, 0.29) is 5.82 Å². The quantitative estimate of drug-likeness (QED) is 0.921. The number of halogens is 2. The standard InChI is InChI=1S/C13H17BrFNO/c14-11-7-12(15)9-13(8-11)17-6-3-10-1-4-16-5-2-10/h7-10,16H,1-6H2. The third-order valence-electron chi connectivity index (χ3n) is 3.09. The molecule has 94 valence electrons. The van der Waals surface area contributed by atoms with Gasteiger partial charge in [-0.1, -0.05) is 15.9 Å². The topological polar surface area (TPSA) is 21.3 Å². The van der Waals surface area contributed by atoms with Gasteiger partial charge in [-0.05, 0) is 50.4 Å². The molecule has 2 nitrogen and oxygen atoms in total. The number of rotatable bonds is 4. The van der Waals surface area contributed by atoms with Crippen LogP contribution in [0.3, 0.4) is 0 Å². The zero-order chi connectivity index (χ0) is 12.1. The molecule has 0 aliphatic carbocycles. The minimum atomic E-state index is -0.267. The minimum absolute atomic E-state index is 0.267. The molecule has 1 heterocycles. The predicted molar refractivity (Wildman–Crippen MR) is 69.8 cm³/mol. The van der Waals surface area contributed by atoms with Crippen LogP contribution in [0.15, 0.2) is 22.7 Å². The van der Waals surface area contributed by atoms with Gasteiger partial charge in [0, 0.05) is 10.5 Å². The van der Waals surface area contributed by atoms with Gasteiger partial charge in [0.05, 0.1) is 6.61 Å². The molecule has 1 saturated heterocycles. The molecule has 0 aromatic heterocycles. The van der Waals surface area contributed by atoms with Crippen molar-refractivity contribution in [3.05, 3.63) is 28.5 Å². The summed E-state index contributed by atoms with van der Waals surface area (Å²) in [4.78, 5) is 0. The Morgan fingerprint density at radius 1 is 1.29 bits per heavy atom. The fourth-order valence-electron chi connectivity index (χ4n) is 2.13. The molecule has 0 bridgehead atoms. The summed E-state index contributed by atoms with van der Waals surface area (Å²) < 4.78 is 19.4. The molecule has 1 aromatic rings. The fourth-order valence-corrected chi connectivity index (χ4v) is 2.57. The summed E-state index contributed by atoms with van der Waals surface area (Å²) in [7, 11) is 0. The third kappa shape index (κ3) is 4.28.